The molecule has 2 rings (SSSR count). The second-order valence-corrected chi connectivity index (χ2v) is 7.66. The maximum absolute atomic E-state index is 12.4. The van der Waals surface area contributed by atoms with Crippen LogP contribution in [0.4, 0.5) is 5.69 Å². The zero-order chi connectivity index (χ0) is 20.0. The average molecular weight is 410 g/mol. The van der Waals surface area contributed by atoms with E-state index in [-0.39, 0.29) is 5.56 Å². The van der Waals surface area contributed by atoms with Gasteiger partial charge in [0.05, 0.1) is 34.1 Å². The van der Waals surface area contributed by atoms with Crippen molar-refractivity contribution in [3.63, 3.8) is 0 Å². The second kappa shape index (κ2) is 9.53. The van der Waals surface area contributed by atoms with Gasteiger partial charge in [-0.3, -0.25) is 9.00 Å². The van der Waals surface area contributed by atoms with Crippen LogP contribution in [0, 0.1) is 0 Å². The number of rotatable bonds is 7. The van der Waals surface area contributed by atoms with Crippen molar-refractivity contribution in [2.24, 2.45) is 0 Å². The molecule has 0 spiro atoms. The van der Waals surface area contributed by atoms with E-state index >= 15 is 0 Å². The van der Waals surface area contributed by atoms with Crippen molar-refractivity contribution in [1.82, 2.24) is 0 Å². The summed E-state index contributed by atoms with van der Waals surface area (Å²) >= 11 is 5.94. The molecule has 2 atom stereocenters. The highest BCUT2D eigenvalue weighted by molar-refractivity contribution is 7.85. The monoisotopic (exact) mass is 409 g/mol. The van der Waals surface area contributed by atoms with Gasteiger partial charge < -0.3 is 14.8 Å². The van der Waals surface area contributed by atoms with Gasteiger partial charge in [-0.05, 0) is 37.3 Å². The molecule has 0 aliphatic rings. The zero-order valence-electron chi connectivity index (χ0n) is 15.2. The standard InChI is InChI=1S/C19H20ClNO5S/c1-4-27(24)17-8-6-5-7-14(17)19(23)26-12(2)18(22)21-15-11-13(20)9-10-16(15)25-3/h5-12H,4H2,1-3H3,(H,21,22). The maximum Gasteiger partial charge on any atom is 0.340 e. The summed E-state index contributed by atoms with van der Waals surface area (Å²) in [6.07, 6.45) is -1.08. The largest absolute Gasteiger partial charge is 0.495 e. The number of methoxy groups -OCH3 is 1. The van der Waals surface area contributed by atoms with Crippen LogP contribution in [0.5, 0.6) is 5.75 Å². The molecule has 0 aliphatic heterocycles. The number of benzene rings is 2. The van der Waals surface area contributed by atoms with E-state index in [1.54, 1.807) is 37.3 Å². The van der Waals surface area contributed by atoms with Crippen molar-refractivity contribution in [3.8, 4) is 5.75 Å². The molecule has 0 fully saturated rings. The second-order valence-electron chi connectivity index (χ2n) is 5.51. The lowest BCUT2D eigenvalue weighted by Crippen LogP contribution is -2.30. The smallest absolute Gasteiger partial charge is 0.340 e. The summed E-state index contributed by atoms with van der Waals surface area (Å²) in [5.41, 5.74) is 0.544. The van der Waals surface area contributed by atoms with Gasteiger partial charge in [-0.15, -0.1) is 0 Å². The predicted molar refractivity (Wildman–Crippen MR) is 105 cm³/mol. The number of esters is 1. The zero-order valence-corrected chi connectivity index (χ0v) is 16.7. The Morgan fingerprint density at radius 1 is 1.22 bits per heavy atom. The van der Waals surface area contributed by atoms with Gasteiger partial charge in [0.15, 0.2) is 6.10 Å². The van der Waals surface area contributed by atoms with Crippen molar-refractivity contribution in [2.75, 3.05) is 18.2 Å². The predicted octanol–water partition coefficient (Wildman–Crippen LogP) is 3.66. The molecule has 0 aliphatic carbocycles. The molecule has 2 unspecified atom stereocenters. The normalized spacial score (nSPS) is 12.7. The van der Waals surface area contributed by atoms with Crippen molar-refractivity contribution in [2.45, 2.75) is 24.8 Å². The summed E-state index contributed by atoms with van der Waals surface area (Å²) in [5.74, 6) is -0.462. The Morgan fingerprint density at radius 3 is 2.59 bits per heavy atom. The average Bonchev–Trinajstić information content (AvgIpc) is 2.67. The fourth-order valence-electron chi connectivity index (χ4n) is 2.28. The fraction of sp³-hybridized carbons (Fsp3) is 0.263. The minimum absolute atomic E-state index is 0.178. The summed E-state index contributed by atoms with van der Waals surface area (Å²) in [7, 11) is 0.146. The molecule has 0 saturated heterocycles. The molecule has 144 valence electrons. The molecular formula is C19H20ClNO5S. The van der Waals surface area contributed by atoms with Crippen LogP contribution in [-0.4, -0.2) is 35.1 Å². The first-order valence-corrected chi connectivity index (χ1v) is 9.89. The van der Waals surface area contributed by atoms with Crippen LogP contribution in [0.1, 0.15) is 24.2 Å². The number of hydrogen-bond acceptors (Lipinski definition) is 5. The van der Waals surface area contributed by atoms with Gasteiger partial charge in [0.2, 0.25) is 0 Å². The lowest BCUT2D eigenvalue weighted by Gasteiger charge is -2.16. The molecule has 27 heavy (non-hydrogen) atoms. The first kappa shape index (κ1) is 20.9. The van der Waals surface area contributed by atoms with E-state index in [0.29, 0.717) is 27.1 Å². The van der Waals surface area contributed by atoms with E-state index in [4.69, 9.17) is 21.1 Å². The van der Waals surface area contributed by atoms with E-state index < -0.39 is 28.8 Å². The minimum atomic E-state index is -1.32. The van der Waals surface area contributed by atoms with Crippen LogP contribution < -0.4 is 10.1 Å². The number of halogens is 1. The van der Waals surface area contributed by atoms with E-state index in [9.17, 15) is 13.8 Å². The van der Waals surface area contributed by atoms with E-state index in [1.807, 2.05) is 0 Å². The molecule has 0 bridgehead atoms. The number of ether oxygens (including phenoxy) is 2. The first-order valence-electron chi connectivity index (χ1n) is 8.20. The highest BCUT2D eigenvalue weighted by Crippen LogP contribution is 2.28. The number of anilines is 1. The molecule has 0 saturated carbocycles. The summed E-state index contributed by atoms with van der Waals surface area (Å²) in [4.78, 5) is 25.2. The number of nitrogens with one attached hydrogen (secondary N) is 1. The van der Waals surface area contributed by atoms with Gasteiger partial charge in [0, 0.05) is 10.8 Å². The molecular weight excluding hydrogens is 390 g/mol. The molecule has 2 aromatic carbocycles. The van der Waals surface area contributed by atoms with Gasteiger partial charge in [-0.25, -0.2) is 4.79 Å². The van der Waals surface area contributed by atoms with Gasteiger partial charge in [0.1, 0.15) is 5.75 Å². The molecule has 8 heteroatoms. The Hall–Kier alpha value is -2.38. The molecule has 0 aromatic heterocycles. The van der Waals surface area contributed by atoms with Crippen molar-refractivity contribution >= 4 is 40.0 Å². The lowest BCUT2D eigenvalue weighted by molar-refractivity contribution is -0.123. The quantitative estimate of drug-likeness (QED) is 0.706. The van der Waals surface area contributed by atoms with Gasteiger partial charge in [0.25, 0.3) is 5.91 Å². The Labute approximate surface area is 165 Å². The Bertz CT molecular complexity index is 871. The molecule has 2 aromatic rings. The van der Waals surface area contributed by atoms with Gasteiger partial charge in [-0.2, -0.15) is 0 Å². The van der Waals surface area contributed by atoms with Crippen LogP contribution >= 0.6 is 11.6 Å². The Kier molecular flexibility index (Phi) is 7.38. The molecule has 6 nitrogen and oxygen atoms in total. The SMILES string of the molecule is CCS(=O)c1ccccc1C(=O)OC(C)C(=O)Nc1cc(Cl)ccc1OC. The molecule has 1 N–H and O–H groups in total. The van der Waals surface area contributed by atoms with Crippen molar-refractivity contribution < 1.29 is 23.3 Å². The lowest BCUT2D eigenvalue weighted by atomic mass is 10.2. The minimum Gasteiger partial charge on any atom is -0.495 e. The van der Waals surface area contributed by atoms with Crippen LogP contribution in [0.2, 0.25) is 5.02 Å². The van der Waals surface area contributed by atoms with Gasteiger partial charge >= 0.3 is 5.97 Å². The topological polar surface area (TPSA) is 81.7 Å². The van der Waals surface area contributed by atoms with Gasteiger partial charge in [-0.1, -0.05) is 30.7 Å². The molecule has 0 heterocycles. The van der Waals surface area contributed by atoms with Crippen LogP contribution in [0.3, 0.4) is 0 Å². The maximum atomic E-state index is 12.4. The number of carbonyl (C=O) groups excluding carboxylic acids is 2. The third kappa shape index (κ3) is 5.30. The molecule has 0 radical (unpaired) electrons. The highest BCUT2D eigenvalue weighted by atomic mass is 35.5. The van der Waals surface area contributed by atoms with Crippen molar-refractivity contribution in [1.29, 1.82) is 0 Å². The summed E-state index contributed by atoms with van der Waals surface area (Å²) in [5, 5.41) is 3.04. The third-order valence-corrected chi connectivity index (χ3v) is 5.29. The van der Waals surface area contributed by atoms with Crippen molar-refractivity contribution in [3.05, 3.63) is 53.1 Å². The first-order chi connectivity index (χ1) is 12.9. The van der Waals surface area contributed by atoms with E-state index in [1.165, 1.54) is 26.2 Å². The van der Waals surface area contributed by atoms with E-state index in [2.05, 4.69) is 5.32 Å². The van der Waals surface area contributed by atoms with E-state index in [0.717, 1.165) is 0 Å². The highest BCUT2D eigenvalue weighted by Gasteiger charge is 2.23. The number of carbonyl (C=O) groups is 2. The molecule has 1 amide bonds. The Balaban J connectivity index is 2.12. The number of amides is 1. The summed E-state index contributed by atoms with van der Waals surface area (Å²) in [6.45, 7) is 3.20. The fourth-order valence-corrected chi connectivity index (χ4v) is 3.39. The Morgan fingerprint density at radius 2 is 1.93 bits per heavy atom. The summed E-state index contributed by atoms with van der Waals surface area (Å²) in [6, 6.07) is 11.3. The van der Waals surface area contributed by atoms with Crippen LogP contribution in [0.15, 0.2) is 47.4 Å². The number of hydrogen-bond donors (Lipinski definition) is 1. The van der Waals surface area contributed by atoms with Crippen LogP contribution in [-0.2, 0) is 20.3 Å². The third-order valence-electron chi connectivity index (χ3n) is 3.69. The van der Waals surface area contributed by atoms with Crippen LogP contribution in [0.25, 0.3) is 0 Å². The summed E-state index contributed by atoms with van der Waals surface area (Å²) < 4.78 is 22.5.